The number of para-hydroxylation sites is 1. The molecule has 0 saturated heterocycles. The van der Waals surface area contributed by atoms with Gasteiger partial charge in [0.2, 0.25) is 0 Å². The summed E-state index contributed by atoms with van der Waals surface area (Å²) in [5.74, 6) is 0.640. The van der Waals surface area contributed by atoms with Crippen LogP contribution in [0.5, 0.6) is 5.75 Å². The molecule has 14 heavy (non-hydrogen) atoms. The lowest BCUT2D eigenvalue weighted by Crippen LogP contribution is -2.27. The minimum absolute atomic E-state index is 0.209. The van der Waals surface area contributed by atoms with Crippen LogP contribution in [0.3, 0.4) is 0 Å². The molecular weight excluding hydrogens is 178 g/mol. The van der Waals surface area contributed by atoms with Crippen LogP contribution in [-0.4, -0.2) is 17.3 Å². The second-order valence-electron chi connectivity index (χ2n) is 3.51. The van der Waals surface area contributed by atoms with Crippen molar-refractivity contribution in [2.24, 2.45) is 0 Å². The summed E-state index contributed by atoms with van der Waals surface area (Å²) in [5, 5.41) is 18.2. The van der Waals surface area contributed by atoms with Crippen molar-refractivity contribution in [2.75, 3.05) is 0 Å². The summed E-state index contributed by atoms with van der Waals surface area (Å²) < 4.78 is 5.52. The molecule has 1 heterocycles. The van der Waals surface area contributed by atoms with Gasteiger partial charge in [-0.05, 0) is 18.6 Å². The summed E-state index contributed by atoms with van der Waals surface area (Å²) in [6, 6.07) is 7.57. The van der Waals surface area contributed by atoms with Gasteiger partial charge in [-0.25, -0.2) is 0 Å². The highest BCUT2D eigenvalue weighted by molar-refractivity contribution is 5.50. The summed E-state index contributed by atoms with van der Waals surface area (Å²) in [6.45, 7) is 1.70. The lowest BCUT2D eigenvalue weighted by Gasteiger charge is -2.13. The van der Waals surface area contributed by atoms with E-state index in [4.69, 9.17) is 10.00 Å². The van der Waals surface area contributed by atoms with Crippen LogP contribution in [0.1, 0.15) is 18.1 Å². The number of fused-ring (bicyclic) bond motifs is 1. The normalized spacial score (nSPS) is 20.8. The SMILES string of the molecule is CC(O)C1Cc2cccc(C#N)c2O1. The first-order valence-corrected chi connectivity index (χ1v) is 4.59. The number of nitriles is 1. The van der Waals surface area contributed by atoms with Crippen molar-refractivity contribution in [3.8, 4) is 11.8 Å². The van der Waals surface area contributed by atoms with Gasteiger partial charge in [-0.15, -0.1) is 0 Å². The molecule has 0 aliphatic carbocycles. The van der Waals surface area contributed by atoms with Gasteiger partial charge in [0.25, 0.3) is 0 Å². The van der Waals surface area contributed by atoms with E-state index in [0.717, 1.165) is 5.56 Å². The van der Waals surface area contributed by atoms with Gasteiger partial charge >= 0.3 is 0 Å². The van der Waals surface area contributed by atoms with E-state index in [9.17, 15) is 5.11 Å². The van der Waals surface area contributed by atoms with Crippen LogP contribution in [0.4, 0.5) is 0 Å². The highest BCUT2D eigenvalue weighted by Crippen LogP contribution is 2.32. The van der Waals surface area contributed by atoms with Gasteiger partial charge in [-0.2, -0.15) is 5.26 Å². The first kappa shape index (κ1) is 9.04. The van der Waals surface area contributed by atoms with Gasteiger partial charge < -0.3 is 9.84 Å². The van der Waals surface area contributed by atoms with Crippen LogP contribution in [0.2, 0.25) is 0 Å². The lowest BCUT2D eigenvalue weighted by atomic mass is 10.1. The summed E-state index contributed by atoms with van der Waals surface area (Å²) in [6.07, 6.45) is -0.0313. The number of rotatable bonds is 1. The first-order chi connectivity index (χ1) is 6.72. The Kier molecular flexibility index (Phi) is 2.14. The van der Waals surface area contributed by atoms with Crippen molar-refractivity contribution in [1.82, 2.24) is 0 Å². The number of nitrogens with zero attached hydrogens (tertiary/aromatic N) is 1. The number of hydrogen-bond acceptors (Lipinski definition) is 3. The molecular formula is C11H11NO2. The highest BCUT2D eigenvalue weighted by Gasteiger charge is 2.28. The third-order valence-corrected chi connectivity index (χ3v) is 2.45. The van der Waals surface area contributed by atoms with E-state index < -0.39 is 6.10 Å². The Labute approximate surface area is 82.6 Å². The molecule has 72 valence electrons. The maximum absolute atomic E-state index is 9.38. The molecule has 2 rings (SSSR count). The topological polar surface area (TPSA) is 53.2 Å². The Morgan fingerprint density at radius 1 is 1.64 bits per heavy atom. The van der Waals surface area contributed by atoms with Gasteiger partial charge in [0, 0.05) is 6.42 Å². The van der Waals surface area contributed by atoms with Gasteiger partial charge in [0.15, 0.2) is 0 Å². The van der Waals surface area contributed by atoms with E-state index in [1.54, 1.807) is 13.0 Å². The van der Waals surface area contributed by atoms with Crippen molar-refractivity contribution in [2.45, 2.75) is 25.6 Å². The van der Waals surface area contributed by atoms with E-state index in [-0.39, 0.29) is 6.10 Å². The number of aliphatic hydroxyl groups excluding tert-OH is 1. The summed E-state index contributed by atoms with van der Waals surface area (Å²) in [5.41, 5.74) is 1.56. The van der Waals surface area contributed by atoms with Crippen LogP contribution < -0.4 is 4.74 Å². The van der Waals surface area contributed by atoms with E-state index in [0.29, 0.717) is 17.7 Å². The van der Waals surface area contributed by atoms with Gasteiger partial charge in [-0.3, -0.25) is 0 Å². The quantitative estimate of drug-likeness (QED) is 0.723. The third-order valence-electron chi connectivity index (χ3n) is 2.45. The summed E-state index contributed by atoms with van der Waals surface area (Å²) >= 11 is 0. The minimum atomic E-state index is -0.506. The zero-order chi connectivity index (χ0) is 10.1. The Morgan fingerprint density at radius 3 is 3.07 bits per heavy atom. The third kappa shape index (κ3) is 1.34. The fourth-order valence-electron chi connectivity index (χ4n) is 1.65. The zero-order valence-corrected chi connectivity index (χ0v) is 7.90. The molecule has 1 aromatic rings. The molecule has 2 unspecified atom stereocenters. The Balaban J connectivity index is 2.36. The van der Waals surface area contributed by atoms with Crippen molar-refractivity contribution in [3.63, 3.8) is 0 Å². The molecule has 0 amide bonds. The van der Waals surface area contributed by atoms with Crippen molar-refractivity contribution in [1.29, 1.82) is 5.26 Å². The minimum Gasteiger partial charge on any atom is -0.486 e. The average Bonchev–Trinajstić information content (AvgIpc) is 2.60. The smallest absolute Gasteiger partial charge is 0.140 e. The molecule has 1 N–H and O–H groups in total. The molecule has 0 fully saturated rings. The van der Waals surface area contributed by atoms with E-state index >= 15 is 0 Å². The maximum atomic E-state index is 9.38. The number of ether oxygens (including phenoxy) is 1. The summed E-state index contributed by atoms with van der Waals surface area (Å²) in [4.78, 5) is 0. The van der Waals surface area contributed by atoms with Crippen molar-refractivity contribution < 1.29 is 9.84 Å². The molecule has 0 saturated carbocycles. The van der Waals surface area contributed by atoms with E-state index in [1.807, 2.05) is 12.1 Å². The predicted octanol–water partition coefficient (Wildman–Crippen LogP) is 1.24. The second-order valence-corrected chi connectivity index (χ2v) is 3.51. The first-order valence-electron chi connectivity index (χ1n) is 4.59. The number of hydrogen-bond donors (Lipinski definition) is 1. The molecule has 0 bridgehead atoms. The monoisotopic (exact) mass is 189 g/mol. The number of aliphatic hydroxyl groups is 1. The second kappa shape index (κ2) is 3.32. The van der Waals surface area contributed by atoms with Gasteiger partial charge in [0.05, 0.1) is 11.7 Å². The largest absolute Gasteiger partial charge is 0.486 e. The van der Waals surface area contributed by atoms with Crippen LogP contribution in [0, 0.1) is 11.3 Å². The lowest BCUT2D eigenvalue weighted by molar-refractivity contribution is 0.0630. The molecule has 0 radical (unpaired) electrons. The molecule has 2 atom stereocenters. The van der Waals surface area contributed by atoms with Gasteiger partial charge in [0.1, 0.15) is 17.9 Å². The van der Waals surface area contributed by atoms with Crippen LogP contribution in [0.15, 0.2) is 18.2 Å². The van der Waals surface area contributed by atoms with Gasteiger partial charge in [-0.1, -0.05) is 12.1 Å². The highest BCUT2D eigenvalue weighted by atomic mass is 16.5. The van der Waals surface area contributed by atoms with Crippen LogP contribution in [0.25, 0.3) is 0 Å². The number of benzene rings is 1. The zero-order valence-electron chi connectivity index (χ0n) is 7.90. The van der Waals surface area contributed by atoms with Crippen molar-refractivity contribution in [3.05, 3.63) is 29.3 Å². The van der Waals surface area contributed by atoms with Crippen molar-refractivity contribution >= 4 is 0 Å². The molecule has 0 spiro atoms. The molecule has 1 aromatic carbocycles. The van der Waals surface area contributed by atoms with Crippen LogP contribution in [-0.2, 0) is 6.42 Å². The molecule has 3 heteroatoms. The fraction of sp³-hybridized carbons (Fsp3) is 0.364. The van der Waals surface area contributed by atoms with Crippen LogP contribution >= 0.6 is 0 Å². The fourth-order valence-corrected chi connectivity index (χ4v) is 1.65. The Bertz CT molecular complexity index is 393. The maximum Gasteiger partial charge on any atom is 0.140 e. The Hall–Kier alpha value is -1.53. The molecule has 0 aromatic heterocycles. The molecule has 1 aliphatic heterocycles. The molecule has 3 nitrogen and oxygen atoms in total. The average molecular weight is 189 g/mol. The predicted molar refractivity (Wildman–Crippen MR) is 51.0 cm³/mol. The summed E-state index contributed by atoms with van der Waals surface area (Å²) in [7, 11) is 0. The van der Waals surface area contributed by atoms with E-state index in [1.165, 1.54) is 0 Å². The Morgan fingerprint density at radius 2 is 2.43 bits per heavy atom. The molecule has 1 aliphatic rings. The standard InChI is InChI=1S/C11H11NO2/c1-7(13)10-5-8-3-2-4-9(6-12)11(8)14-10/h2-4,7,10,13H,5H2,1H3. The van der Waals surface area contributed by atoms with E-state index in [2.05, 4.69) is 6.07 Å².